The fourth-order valence-electron chi connectivity index (χ4n) is 2.43. The lowest BCUT2D eigenvalue weighted by Gasteiger charge is -2.10. The highest BCUT2D eigenvalue weighted by Gasteiger charge is 2.10. The van der Waals surface area contributed by atoms with Gasteiger partial charge in [0, 0.05) is 30.3 Å². The van der Waals surface area contributed by atoms with Crippen LogP contribution in [0.25, 0.3) is 22.4 Å². The molecule has 0 bridgehead atoms. The van der Waals surface area contributed by atoms with Crippen molar-refractivity contribution in [2.75, 3.05) is 0 Å². The molecule has 0 aliphatic rings. The molecule has 0 saturated heterocycles. The Morgan fingerprint density at radius 3 is 2.45 bits per heavy atom. The van der Waals surface area contributed by atoms with Crippen molar-refractivity contribution in [2.45, 2.75) is 13.8 Å². The molecule has 0 aliphatic heterocycles. The summed E-state index contributed by atoms with van der Waals surface area (Å²) >= 11 is 0. The van der Waals surface area contributed by atoms with E-state index in [1.165, 1.54) is 6.07 Å². The zero-order chi connectivity index (χ0) is 14.3. The fraction of sp³-hybridized carbons (Fsp3) is 0.188. The van der Waals surface area contributed by atoms with Crippen LogP contribution in [0, 0.1) is 13.8 Å². The Hall–Kier alpha value is -2.49. The summed E-state index contributed by atoms with van der Waals surface area (Å²) in [5.74, 6) is 0.661. The number of hydrogen-bond acceptors (Lipinski definition) is 3. The van der Waals surface area contributed by atoms with Crippen LogP contribution in [0.15, 0.2) is 41.3 Å². The minimum Gasteiger partial charge on any atom is -0.296 e. The number of aryl methyl sites for hydroxylation is 3. The third-order valence-electron chi connectivity index (χ3n) is 3.55. The lowest BCUT2D eigenvalue weighted by atomic mass is 10.0. The fourth-order valence-corrected chi connectivity index (χ4v) is 2.43. The van der Waals surface area contributed by atoms with Crippen LogP contribution in [0.3, 0.4) is 0 Å². The number of benzene rings is 1. The smallest absolute Gasteiger partial charge is 0.251 e. The van der Waals surface area contributed by atoms with Crippen molar-refractivity contribution in [3.8, 4) is 11.4 Å². The van der Waals surface area contributed by atoms with Gasteiger partial charge in [-0.3, -0.25) is 9.36 Å². The first-order chi connectivity index (χ1) is 9.58. The van der Waals surface area contributed by atoms with Crippen molar-refractivity contribution in [1.82, 2.24) is 14.5 Å². The normalized spacial score (nSPS) is 10.9. The Morgan fingerprint density at radius 2 is 1.75 bits per heavy atom. The minimum absolute atomic E-state index is 0.0661. The van der Waals surface area contributed by atoms with E-state index in [4.69, 9.17) is 0 Å². The van der Waals surface area contributed by atoms with Crippen molar-refractivity contribution in [3.05, 3.63) is 58.0 Å². The van der Waals surface area contributed by atoms with Gasteiger partial charge < -0.3 is 0 Å². The Labute approximate surface area is 116 Å². The number of nitrogens with zero attached hydrogens (tertiary/aromatic N) is 3. The third-order valence-corrected chi connectivity index (χ3v) is 3.55. The molecule has 0 unspecified atom stereocenters. The first-order valence-corrected chi connectivity index (χ1v) is 6.47. The molecule has 20 heavy (non-hydrogen) atoms. The van der Waals surface area contributed by atoms with Gasteiger partial charge in [0.2, 0.25) is 0 Å². The van der Waals surface area contributed by atoms with Gasteiger partial charge in [0.05, 0.1) is 0 Å². The molecule has 2 aromatic heterocycles. The van der Waals surface area contributed by atoms with Gasteiger partial charge in [-0.05, 0) is 31.0 Å². The largest absolute Gasteiger partial charge is 0.296 e. The van der Waals surface area contributed by atoms with Crippen molar-refractivity contribution in [1.29, 1.82) is 0 Å². The van der Waals surface area contributed by atoms with Crippen molar-refractivity contribution < 1.29 is 0 Å². The second kappa shape index (κ2) is 4.56. The van der Waals surface area contributed by atoms with Gasteiger partial charge in [-0.15, -0.1) is 0 Å². The van der Waals surface area contributed by atoms with Crippen molar-refractivity contribution in [3.63, 3.8) is 0 Å². The molecule has 1 aromatic carbocycles. The van der Waals surface area contributed by atoms with Crippen molar-refractivity contribution in [2.24, 2.45) is 7.05 Å². The summed E-state index contributed by atoms with van der Waals surface area (Å²) in [5, 5.41) is 0.863. The predicted molar refractivity (Wildman–Crippen MR) is 79.7 cm³/mol. The summed E-state index contributed by atoms with van der Waals surface area (Å²) in [4.78, 5) is 20.7. The summed E-state index contributed by atoms with van der Waals surface area (Å²) < 4.78 is 1.55. The minimum atomic E-state index is -0.0661. The number of hydrogen-bond donors (Lipinski definition) is 0. The van der Waals surface area contributed by atoms with Crippen LogP contribution in [0.4, 0.5) is 0 Å². The predicted octanol–water partition coefficient (Wildman–Crippen LogP) is 2.61. The van der Waals surface area contributed by atoms with E-state index in [0.717, 1.165) is 22.1 Å². The van der Waals surface area contributed by atoms with Gasteiger partial charge in [0.25, 0.3) is 5.56 Å². The van der Waals surface area contributed by atoms with Crippen LogP contribution in [0.5, 0.6) is 0 Å². The van der Waals surface area contributed by atoms with Crippen LogP contribution in [-0.4, -0.2) is 14.5 Å². The van der Waals surface area contributed by atoms with E-state index in [1.54, 1.807) is 23.9 Å². The molecule has 100 valence electrons. The van der Waals surface area contributed by atoms with Gasteiger partial charge >= 0.3 is 0 Å². The van der Waals surface area contributed by atoms with E-state index < -0.39 is 0 Å². The summed E-state index contributed by atoms with van der Waals surface area (Å²) in [7, 11) is 1.73. The highest BCUT2D eigenvalue weighted by molar-refractivity contribution is 5.77. The van der Waals surface area contributed by atoms with Gasteiger partial charge in [0.15, 0.2) is 5.82 Å². The molecule has 0 N–H and O–H groups in total. The maximum Gasteiger partial charge on any atom is 0.251 e. The highest BCUT2D eigenvalue weighted by Crippen LogP contribution is 2.24. The molecule has 0 atom stereocenters. The summed E-state index contributed by atoms with van der Waals surface area (Å²) in [6.07, 6.45) is 1.77. The molecule has 2 heterocycles. The molecule has 0 aliphatic carbocycles. The third kappa shape index (κ3) is 1.90. The summed E-state index contributed by atoms with van der Waals surface area (Å²) in [6.45, 7) is 4.08. The molecule has 0 amide bonds. The number of aromatic nitrogens is 3. The first kappa shape index (κ1) is 12.5. The lowest BCUT2D eigenvalue weighted by Crippen LogP contribution is -2.16. The zero-order valence-corrected chi connectivity index (χ0v) is 11.7. The average molecular weight is 265 g/mol. The number of fused-ring (bicyclic) bond motifs is 1. The molecule has 4 nitrogen and oxygen atoms in total. The Balaban J connectivity index is 2.33. The average Bonchev–Trinajstić information content (AvgIpc) is 2.43. The first-order valence-electron chi connectivity index (χ1n) is 6.47. The maximum absolute atomic E-state index is 11.7. The quantitative estimate of drug-likeness (QED) is 0.679. The lowest BCUT2D eigenvalue weighted by molar-refractivity contribution is 0.884. The topological polar surface area (TPSA) is 47.8 Å². The van der Waals surface area contributed by atoms with Crippen LogP contribution >= 0.6 is 0 Å². The highest BCUT2D eigenvalue weighted by atomic mass is 16.1. The summed E-state index contributed by atoms with van der Waals surface area (Å²) in [6, 6.07) is 9.39. The number of rotatable bonds is 1. The Bertz CT molecular complexity index is 845. The second-order valence-electron chi connectivity index (χ2n) is 4.97. The SMILES string of the molecule is Cc1cccc(C)c1-c1ncc2ccc(=O)n(C)c2n1. The van der Waals surface area contributed by atoms with E-state index >= 15 is 0 Å². The van der Waals surface area contributed by atoms with Gasteiger partial charge in [0.1, 0.15) is 5.65 Å². The van der Waals surface area contributed by atoms with E-state index in [-0.39, 0.29) is 5.56 Å². The van der Waals surface area contributed by atoms with Crippen molar-refractivity contribution >= 4 is 11.0 Å². The molecule has 0 radical (unpaired) electrons. The Kier molecular flexibility index (Phi) is 2.86. The van der Waals surface area contributed by atoms with Crippen LogP contribution in [0.2, 0.25) is 0 Å². The monoisotopic (exact) mass is 265 g/mol. The summed E-state index contributed by atoms with van der Waals surface area (Å²) in [5.41, 5.74) is 3.88. The molecule has 3 aromatic rings. The maximum atomic E-state index is 11.7. The van der Waals surface area contributed by atoms with Crippen LogP contribution in [0.1, 0.15) is 11.1 Å². The molecule has 0 spiro atoms. The standard InChI is InChI=1S/C16H15N3O/c1-10-5-4-6-11(2)14(10)15-17-9-12-7-8-13(20)19(3)16(12)18-15/h4-9H,1-3H3. The Morgan fingerprint density at radius 1 is 1.05 bits per heavy atom. The number of pyridine rings is 1. The van der Waals surface area contributed by atoms with E-state index in [9.17, 15) is 4.79 Å². The second-order valence-corrected chi connectivity index (χ2v) is 4.97. The molecular formula is C16H15N3O. The van der Waals surface area contributed by atoms with E-state index in [0.29, 0.717) is 11.5 Å². The van der Waals surface area contributed by atoms with Gasteiger partial charge in [-0.25, -0.2) is 9.97 Å². The van der Waals surface area contributed by atoms with Crippen LogP contribution in [-0.2, 0) is 7.05 Å². The molecule has 0 saturated carbocycles. The van der Waals surface area contributed by atoms with Gasteiger partial charge in [-0.2, -0.15) is 0 Å². The van der Waals surface area contributed by atoms with E-state index in [2.05, 4.69) is 9.97 Å². The van der Waals surface area contributed by atoms with Crippen LogP contribution < -0.4 is 5.56 Å². The van der Waals surface area contributed by atoms with E-state index in [1.807, 2.05) is 32.0 Å². The molecule has 4 heteroatoms. The zero-order valence-electron chi connectivity index (χ0n) is 11.7. The molecular weight excluding hydrogens is 250 g/mol. The van der Waals surface area contributed by atoms with Gasteiger partial charge in [-0.1, -0.05) is 18.2 Å². The molecule has 0 fully saturated rings. The molecule has 3 rings (SSSR count).